The number of piperidine rings is 4. The summed E-state index contributed by atoms with van der Waals surface area (Å²) in [7, 11) is 2.26. The lowest BCUT2D eigenvalue weighted by Crippen LogP contribution is -2.83. The lowest BCUT2D eigenvalue weighted by atomic mass is 9.60. The molecule has 0 radical (unpaired) electrons. The molecule has 4 saturated heterocycles. The van der Waals surface area contributed by atoms with Gasteiger partial charge < -0.3 is 15.1 Å². The largest absolute Gasteiger partial charge is 0.392 e. The van der Waals surface area contributed by atoms with E-state index in [1.807, 2.05) is 0 Å². The van der Waals surface area contributed by atoms with Gasteiger partial charge in [0.2, 0.25) is 0 Å². The normalized spacial score (nSPS) is 48.4. The number of benzene rings is 1. The molecular weight excluding hydrogens is 384 g/mol. The molecule has 1 unspecified atom stereocenters. The van der Waals surface area contributed by atoms with Crippen LogP contribution >= 0.6 is 0 Å². The van der Waals surface area contributed by atoms with Crippen LogP contribution in [0, 0.1) is 17.8 Å². The van der Waals surface area contributed by atoms with E-state index in [2.05, 4.69) is 50.1 Å². The number of quaternary nitrogens is 1. The van der Waals surface area contributed by atoms with Gasteiger partial charge in [-0.2, -0.15) is 0 Å². The van der Waals surface area contributed by atoms with E-state index in [0.29, 0.717) is 35.9 Å². The fourth-order valence-corrected chi connectivity index (χ4v) is 9.83. The third kappa shape index (κ3) is 2.23. The van der Waals surface area contributed by atoms with Crippen LogP contribution < -0.4 is 4.90 Å². The van der Waals surface area contributed by atoms with Crippen molar-refractivity contribution in [1.82, 2.24) is 0 Å². The quantitative estimate of drug-likeness (QED) is 0.512. The topological polar surface area (TPSA) is 43.7 Å². The van der Waals surface area contributed by atoms with E-state index >= 15 is 0 Å². The number of anilines is 1. The van der Waals surface area contributed by atoms with Crippen molar-refractivity contribution in [1.29, 1.82) is 0 Å². The maximum atomic E-state index is 12.1. The Hall–Kier alpha value is -1.10. The Bertz CT molecular complexity index is 859. The molecule has 7 rings (SSSR count). The smallest absolute Gasteiger partial charge is 0.194 e. The van der Waals surface area contributed by atoms with E-state index in [-0.39, 0.29) is 17.7 Å². The number of unbranched alkanes of at least 4 members (excludes halogenated alkanes) is 4. The molecule has 1 aromatic carbocycles. The van der Waals surface area contributed by atoms with Crippen LogP contribution in [0.3, 0.4) is 0 Å². The maximum absolute atomic E-state index is 12.1. The van der Waals surface area contributed by atoms with Crippen LogP contribution in [0.4, 0.5) is 5.69 Å². The van der Waals surface area contributed by atoms with Gasteiger partial charge in [0.1, 0.15) is 6.04 Å². The Labute approximate surface area is 187 Å². The first-order valence-corrected chi connectivity index (χ1v) is 13.1. The molecule has 4 heteroatoms. The predicted molar refractivity (Wildman–Crippen MR) is 124 cm³/mol. The van der Waals surface area contributed by atoms with Crippen LogP contribution in [-0.2, 0) is 5.41 Å². The molecule has 2 N–H and O–H groups in total. The van der Waals surface area contributed by atoms with Gasteiger partial charge in [0, 0.05) is 37.4 Å². The van der Waals surface area contributed by atoms with Crippen LogP contribution in [-0.4, -0.2) is 58.7 Å². The molecule has 6 aliphatic rings. The first kappa shape index (κ1) is 20.5. The van der Waals surface area contributed by atoms with Gasteiger partial charge >= 0.3 is 0 Å². The molecule has 5 bridgehead atoms. The molecule has 1 spiro atoms. The molecule has 5 aliphatic heterocycles. The SMILES string of the molecule is CCCCCCC[N+]12[C@H](O)[C@@H](CC)[C@H]3C[C@H]1[C@@H]1N(C)c4ccccc4[C@]14C[C@H]2[C@H]3[C@@H]4O. The lowest BCUT2D eigenvalue weighted by molar-refractivity contribution is -1.04. The van der Waals surface area contributed by atoms with Crippen LogP contribution in [0.15, 0.2) is 24.3 Å². The van der Waals surface area contributed by atoms with Crippen LogP contribution in [0.5, 0.6) is 0 Å². The fourth-order valence-electron chi connectivity index (χ4n) is 9.83. The predicted octanol–water partition coefficient (Wildman–Crippen LogP) is 4.04. The van der Waals surface area contributed by atoms with Gasteiger partial charge in [-0.3, -0.25) is 4.48 Å². The van der Waals surface area contributed by atoms with Gasteiger partial charge in [-0.1, -0.05) is 51.3 Å². The van der Waals surface area contributed by atoms with Gasteiger partial charge in [0.15, 0.2) is 6.23 Å². The number of likely N-dealkylation sites (N-methyl/N-ethyl adjacent to an activating group) is 1. The summed E-state index contributed by atoms with van der Waals surface area (Å²) in [5.41, 5.74) is 2.57. The molecule has 31 heavy (non-hydrogen) atoms. The third-order valence-electron chi connectivity index (χ3n) is 10.8. The Morgan fingerprint density at radius 1 is 1.06 bits per heavy atom. The van der Waals surface area contributed by atoms with E-state index < -0.39 is 0 Å². The van der Waals surface area contributed by atoms with Gasteiger partial charge in [-0.05, 0) is 36.8 Å². The second-order valence-corrected chi connectivity index (χ2v) is 11.5. The molecule has 5 heterocycles. The summed E-state index contributed by atoms with van der Waals surface area (Å²) in [6.45, 7) is 5.64. The Balaban J connectivity index is 1.46. The second kappa shape index (κ2) is 6.95. The first-order chi connectivity index (χ1) is 15.0. The molecule has 170 valence electrons. The second-order valence-electron chi connectivity index (χ2n) is 11.5. The summed E-state index contributed by atoms with van der Waals surface area (Å²) in [5.74, 6) is 1.18. The van der Waals surface area contributed by atoms with Crippen molar-refractivity contribution in [3.05, 3.63) is 29.8 Å². The average Bonchev–Trinajstić information content (AvgIpc) is 3.16. The Morgan fingerprint density at radius 3 is 2.61 bits per heavy atom. The first-order valence-electron chi connectivity index (χ1n) is 13.1. The van der Waals surface area contributed by atoms with Gasteiger partial charge in [0.05, 0.1) is 30.1 Å². The molecule has 0 aromatic heterocycles. The highest BCUT2D eigenvalue weighted by Gasteiger charge is 2.82. The van der Waals surface area contributed by atoms with E-state index in [1.165, 1.54) is 49.8 Å². The number of aliphatic hydroxyl groups is 2. The van der Waals surface area contributed by atoms with Crippen molar-refractivity contribution >= 4 is 5.69 Å². The molecule has 0 amide bonds. The lowest BCUT2D eigenvalue weighted by Gasteiger charge is -2.68. The minimum absolute atomic E-state index is 0.133. The zero-order chi connectivity index (χ0) is 21.5. The van der Waals surface area contributed by atoms with E-state index in [1.54, 1.807) is 0 Å². The summed E-state index contributed by atoms with van der Waals surface area (Å²) >= 11 is 0. The number of hydrogen-bond acceptors (Lipinski definition) is 3. The van der Waals surface area contributed by atoms with Crippen LogP contribution in [0.1, 0.15) is 70.8 Å². The minimum atomic E-state index is -0.273. The highest BCUT2D eigenvalue weighted by Crippen LogP contribution is 2.71. The van der Waals surface area contributed by atoms with E-state index in [0.717, 1.165) is 23.9 Å². The number of nitrogens with zero attached hydrogens (tertiary/aromatic N) is 2. The minimum Gasteiger partial charge on any atom is -0.392 e. The molecule has 1 aliphatic carbocycles. The molecule has 4 nitrogen and oxygen atoms in total. The zero-order valence-corrected chi connectivity index (χ0v) is 19.6. The number of rotatable bonds is 7. The maximum Gasteiger partial charge on any atom is 0.194 e. The summed E-state index contributed by atoms with van der Waals surface area (Å²) in [6.07, 6.45) is 9.15. The van der Waals surface area contributed by atoms with Gasteiger partial charge in [-0.25, -0.2) is 0 Å². The zero-order valence-electron chi connectivity index (χ0n) is 19.6. The highest BCUT2D eigenvalue weighted by atomic mass is 16.3. The van der Waals surface area contributed by atoms with Gasteiger partial charge in [0.25, 0.3) is 0 Å². The Morgan fingerprint density at radius 2 is 1.84 bits per heavy atom. The van der Waals surface area contributed by atoms with E-state index in [4.69, 9.17) is 0 Å². The highest BCUT2D eigenvalue weighted by molar-refractivity contribution is 5.66. The average molecular weight is 426 g/mol. The summed E-state index contributed by atoms with van der Waals surface area (Å²) in [4.78, 5) is 2.51. The molecule has 5 fully saturated rings. The van der Waals surface area contributed by atoms with Crippen molar-refractivity contribution in [2.75, 3.05) is 18.5 Å². The summed E-state index contributed by atoms with van der Waals surface area (Å²) in [6, 6.07) is 10.0. The number of hydrogen-bond donors (Lipinski definition) is 2. The van der Waals surface area contributed by atoms with Crippen molar-refractivity contribution in [2.24, 2.45) is 17.8 Å². The number of aliphatic hydroxyl groups excluding tert-OH is 2. The standard InChI is InChI=1S/C27H41N2O2/c1-4-6-7-8-11-14-29-21-15-18(17(5-2)26(29)31)23-22(29)16-27(25(23)30)19-12-9-10-13-20(19)28(3)24(21)27/h9-10,12-13,17-18,21-26,30-31H,4-8,11,14-16H2,1-3H3/q+1/t17-,18+,21-,22-,23-,24-,25-,26+,27+,29?/m0/s1. The third-order valence-corrected chi connectivity index (χ3v) is 10.8. The molecule has 1 saturated carbocycles. The van der Waals surface area contributed by atoms with Gasteiger partial charge in [-0.15, -0.1) is 0 Å². The number of para-hydroxylation sites is 1. The van der Waals surface area contributed by atoms with E-state index in [9.17, 15) is 10.2 Å². The monoisotopic (exact) mass is 425 g/mol. The van der Waals surface area contributed by atoms with Crippen LogP contribution in [0.25, 0.3) is 0 Å². The van der Waals surface area contributed by atoms with Crippen molar-refractivity contribution in [2.45, 2.75) is 101 Å². The summed E-state index contributed by atoms with van der Waals surface area (Å²) in [5, 5.41) is 24.0. The summed E-state index contributed by atoms with van der Waals surface area (Å²) < 4.78 is 0.896. The molecule has 1 aromatic rings. The Kier molecular flexibility index (Phi) is 4.60. The molecular formula is C27H41N2O2+. The van der Waals surface area contributed by atoms with Crippen molar-refractivity contribution in [3.63, 3.8) is 0 Å². The fraction of sp³-hybridized carbons (Fsp3) is 0.778. The van der Waals surface area contributed by atoms with Crippen LogP contribution in [0.2, 0.25) is 0 Å². The number of fused-ring (bicyclic) bond motifs is 2. The molecule has 10 atom stereocenters. The van der Waals surface area contributed by atoms with Crippen molar-refractivity contribution in [3.8, 4) is 0 Å². The van der Waals surface area contributed by atoms with Crippen molar-refractivity contribution < 1.29 is 14.7 Å².